The third-order valence-electron chi connectivity index (χ3n) is 4.82. The van der Waals surface area contributed by atoms with E-state index in [0.717, 1.165) is 13.0 Å². The van der Waals surface area contributed by atoms with E-state index in [-0.39, 0.29) is 17.0 Å². The number of phenolic OH excluding ortho intramolecular Hbond substituents is 1. The molecule has 2 atom stereocenters. The van der Waals surface area contributed by atoms with Crippen molar-refractivity contribution in [3.05, 3.63) is 50.7 Å². The maximum absolute atomic E-state index is 9.90. The number of thiophene rings is 1. The fourth-order valence-corrected chi connectivity index (χ4v) is 5.32. The van der Waals surface area contributed by atoms with Gasteiger partial charge in [0.05, 0.1) is 0 Å². The van der Waals surface area contributed by atoms with Crippen molar-refractivity contribution in [2.24, 2.45) is 0 Å². The third kappa shape index (κ3) is 2.61. The quantitative estimate of drug-likeness (QED) is 0.802. The van der Waals surface area contributed by atoms with Crippen molar-refractivity contribution in [3.8, 4) is 5.75 Å². The molecule has 0 fully saturated rings. The van der Waals surface area contributed by atoms with Gasteiger partial charge in [-0.1, -0.05) is 19.4 Å². The molecule has 1 aliphatic heterocycles. The Hall–Kier alpha value is -0.840. The van der Waals surface area contributed by atoms with E-state index in [1.807, 2.05) is 23.5 Å². The Bertz CT molecular complexity index is 682. The van der Waals surface area contributed by atoms with Crippen molar-refractivity contribution in [2.45, 2.75) is 51.1 Å². The summed E-state index contributed by atoms with van der Waals surface area (Å²) in [5.41, 5.74) is 4.22. The number of fused-ring (bicyclic) bond motifs is 5. The topological polar surface area (TPSA) is 32.3 Å². The fourth-order valence-electron chi connectivity index (χ4n) is 3.85. The Kier molecular flexibility index (Phi) is 4.62. The third-order valence-corrected chi connectivity index (χ3v) is 6.14. The van der Waals surface area contributed by atoms with Gasteiger partial charge in [-0.3, -0.25) is 0 Å². The Morgan fingerprint density at radius 2 is 2.14 bits per heavy atom. The lowest BCUT2D eigenvalue weighted by atomic mass is 9.76. The molecule has 2 N–H and O–H groups in total. The number of aromatic hydroxyl groups is 1. The predicted molar refractivity (Wildman–Crippen MR) is 97.5 cm³/mol. The molecule has 2 unspecified atom stereocenters. The average molecular weight is 380 g/mol. The minimum absolute atomic E-state index is 0. The highest BCUT2D eigenvalue weighted by atomic mass is 79.9. The van der Waals surface area contributed by atoms with Crippen LogP contribution >= 0.6 is 28.3 Å². The second kappa shape index (κ2) is 6.34. The number of phenols is 1. The zero-order valence-electron chi connectivity index (χ0n) is 12.8. The van der Waals surface area contributed by atoms with Gasteiger partial charge in [0.1, 0.15) is 5.75 Å². The van der Waals surface area contributed by atoms with Gasteiger partial charge in [0, 0.05) is 28.3 Å². The van der Waals surface area contributed by atoms with Gasteiger partial charge in [-0.25, -0.2) is 0 Å². The molecule has 2 aromatic rings. The first-order chi connectivity index (χ1) is 10.3. The first kappa shape index (κ1) is 16.0. The van der Waals surface area contributed by atoms with Crippen molar-refractivity contribution in [1.82, 2.24) is 5.32 Å². The number of nitrogens with one attached hydrogen (secondary N) is 1. The molecule has 0 saturated heterocycles. The Balaban J connectivity index is 0.00000144. The first-order valence-electron chi connectivity index (χ1n) is 7.93. The summed E-state index contributed by atoms with van der Waals surface area (Å²) in [7, 11) is 0. The Morgan fingerprint density at radius 1 is 1.27 bits per heavy atom. The summed E-state index contributed by atoms with van der Waals surface area (Å²) in [5, 5.41) is 13.6. The molecular formula is C18H22BrNOS. The standard InChI is InChI=1S/C18H21NOS.BrH/c1-2-3-14-8-12-10-19-16-7-5-11-4-6-13(20)9-15(11)17(16)18(12)21-14;/h4,6,8-9,16-17,19-20H,2-3,5,7,10H2,1H3;1H. The zero-order chi connectivity index (χ0) is 14.4. The van der Waals surface area contributed by atoms with E-state index in [2.05, 4.69) is 24.4 Å². The molecule has 1 aliphatic carbocycles. The molecule has 0 saturated carbocycles. The number of hydrogen-bond acceptors (Lipinski definition) is 3. The summed E-state index contributed by atoms with van der Waals surface area (Å²) in [6, 6.07) is 8.84. The van der Waals surface area contributed by atoms with Crippen LogP contribution in [0.25, 0.3) is 0 Å². The van der Waals surface area contributed by atoms with E-state index in [9.17, 15) is 5.11 Å². The number of benzene rings is 1. The number of aryl methyl sites for hydroxylation is 2. The van der Waals surface area contributed by atoms with Crippen LogP contribution in [0, 0.1) is 0 Å². The van der Waals surface area contributed by atoms with Crippen LogP contribution in [0.4, 0.5) is 0 Å². The van der Waals surface area contributed by atoms with E-state index in [1.54, 1.807) is 0 Å². The molecule has 1 aromatic heterocycles. The second-order valence-corrected chi connectivity index (χ2v) is 7.41. The second-order valence-electron chi connectivity index (χ2n) is 6.24. The highest BCUT2D eigenvalue weighted by molar-refractivity contribution is 8.93. The number of rotatable bonds is 2. The molecule has 2 aliphatic rings. The number of halogens is 1. The molecule has 0 spiro atoms. The Labute approximate surface area is 146 Å². The van der Waals surface area contributed by atoms with Gasteiger partial charge < -0.3 is 10.4 Å². The van der Waals surface area contributed by atoms with Gasteiger partial charge in [0.15, 0.2) is 0 Å². The van der Waals surface area contributed by atoms with Crippen molar-refractivity contribution in [2.75, 3.05) is 0 Å². The van der Waals surface area contributed by atoms with Crippen LogP contribution in [0.5, 0.6) is 5.75 Å². The molecule has 22 heavy (non-hydrogen) atoms. The van der Waals surface area contributed by atoms with Crippen LogP contribution in [0.3, 0.4) is 0 Å². The molecule has 2 heterocycles. The average Bonchev–Trinajstić information content (AvgIpc) is 2.89. The van der Waals surface area contributed by atoms with E-state index >= 15 is 0 Å². The smallest absolute Gasteiger partial charge is 0.115 e. The van der Waals surface area contributed by atoms with E-state index in [4.69, 9.17) is 0 Å². The van der Waals surface area contributed by atoms with Gasteiger partial charge in [-0.05, 0) is 54.2 Å². The van der Waals surface area contributed by atoms with Gasteiger partial charge in [-0.2, -0.15) is 0 Å². The molecule has 4 heteroatoms. The maximum atomic E-state index is 9.90. The van der Waals surface area contributed by atoms with Crippen molar-refractivity contribution in [3.63, 3.8) is 0 Å². The van der Waals surface area contributed by atoms with Crippen LogP contribution in [0.15, 0.2) is 24.3 Å². The number of hydrogen-bond donors (Lipinski definition) is 2. The van der Waals surface area contributed by atoms with E-state index in [0.29, 0.717) is 17.7 Å². The minimum atomic E-state index is 0. The zero-order valence-corrected chi connectivity index (χ0v) is 15.3. The molecule has 1 aromatic carbocycles. The van der Waals surface area contributed by atoms with Gasteiger partial charge in [0.25, 0.3) is 0 Å². The predicted octanol–water partition coefficient (Wildman–Crippen LogP) is 4.53. The SMILES string of the molecule is Br.CCCc1cc2c(s1)C1c3cc(O)ccc3CCC1NC2. The molecule has 0 radical (unpaired) electrons. The monoisotopic (exact) mass is 379 g/mol. The lowest BCUT2D eigenvalue weighted by Crippen LogP contribution is -2.41. The molecular weight excluding hydrogens is 358 g/mol. The van der Waals surface area contributed by atoms with Crippen molar-refractivity contribution >= 4 is 28.3 Å². The summed E-state index contributed by atoms with van der Waals surface area (Å²) in [6.07, 6.45) is 4.70. The maximum Gasteiger partial charge on any atom is 0.115 e. The van der Waals surface area contributed by atoms with E-state index < -0.39 is 0 Å². The van der Waals surface area contributed by atoms with Crippen LogP contribution < -0.4 is 5.32 Å². The summed E-state index contributed by atoms with van der Waals surface area (Å²) >= 11 is 1.99. The molecule has 4 rings (SSSR count). The molecule has 118 valence electrons. The summed E-state index contributed by atoms with van der Waals surface area (Å²) < 4.78 is 0. The highest BCUT2D eigenvalue weighted by Gasteiger charge is 2.36. The normalized spacial score (nSPS) is 22.2. The van der Waals surface area contributed by atoms with Gasteiger partial charge in [-0.15, -0.1) is 28.3 Å². The fraction of sp³-hybridized carbons (Fsp3) is 0.444. The largest absolute Gasteiger partial charge is 0.508 e. The van der Waals surface area contributed by atoms with E-state index in [1.165, 1.54) is 45.7 Å². The van der Waals surface area contributed by atoms with Crippen LogP contribution in [0.2, 0.25) is 0 Å². The molecule has 0 bridgehead atoms. The Morgan fingerprint density at radius 3 is 2.95 bits per heavy atom. The lowest BCUT2D eigenvalue weighted by Gasteiger charge is -2.37. The van der Waals surface area contributed by atoms with Crippen LogP contribution in [0.1, 0.15) is 52.1 Å². The van der Waals surface area contributed by atoms with Crippen LogP contribution in [-0.4, -0.2) is 11.1 Å². The lowest BCUT2D eigenvalue weighted by molar-refractivity contribution is 0.396. The van der Waals surface area contributed by atoms with Gasteiger partial charge >= 0.3 is 0 Å². The molecule has 0 amide bonds. The van der Waals surface area contributed by atoms with Gasteiger partial charge in [0.2, 0.25) is 0 Å². The minimum Gasteiger partial charge on any atom is -0.508 e. The summed E-state index contributed by atoms with van der Waals surface area (Å²) in [5.74, 6) is 0.826. The molecule has 2 nitrogen and oxygen atoms in total. The summed E-state index contributed by atoms with van der Waals surface area (Å²) in [6.45, 7) is 3.25. The highest BCUT2D eigenvalue weighted by Crippen LogP contribution is 2.45. The van der Waals surface area contributed by atoms with Crippen molar-refractivity contribution in [1.29, 1.82) is 0 Å². The summed E-state index contributed by atoms with van der Waals surface area (Å²) in [4.78, 5) is 3.05. The van der Waals surface area contributed by atoms with Crippen molar-refractivity contribution < 1.29 is 5.11 Å². The van der Waals surface area contributed by atoms with Crippen LogP contribution in [-0.2, 0) is 19.4 Å². The first-order valence-corrected chi connectivity index (χ1v) is 8.74.